The number of H-pyrrole nitrogens is 1. The maximum Gasteiger partial charge on any atom is 0.267 e. The van der Waals surface area contributed by atoms with Crippen LogP contribution in [0.2, 0.25) is 0 Å². The minimum atomic E-state index is -3.78. The zero-order valence-electron chi connectivity index (χ0n) is 10.4. The summed E-state index contributed by atoms with van der Waals surface area (Å²) in [6, 6.07) is 1.20. The molecule has 1 aromatic heterocycles. The fraction of sp³-hybridized carbons (Fsp3) is 0.545. The highest BCUT2D eigenvalue weighted by Crippen LogP contribution is 2.28. The third-order valence-corrected chi connectivity index (χ3v) is 3.70. The van der Waals surface area contributed by atoms with Gasteiger partial charge >= 0.3 is 0 Å². The molecule has 0 radical (unpaired) electrons. The van der Waals surface area contributed by atoms with E-state index in [1.807, 2.05) is 0 Å². The van der Waals surface area contributed by atoms with Crippen molar-refractivity contribution in [3.63, 3.8) is 0 Å². The number of ether oxygens (including phenoxy) is 1. The maximum atomic E-state index is 11.7. The van der Waals surface area contributed by atoms with Crippen LogP contribution in [0.1, 0.15) is 23.3 Å². The summed E-state index contributed by atoms with van der Waals surface area (Å²) in [5.41, 5.74) is 0.159. The van der Waals surface area contributed by atoms with Crippen molar-refractivity contribution in [3.8, 4) is 0 Å². The van der Waals surface area contributed by atoms with Crippen molar-refractivity contribution in [1.29, 1.82) is 0 Å². The van der Waals surface area contributed by atoms with E-state index in [-0.39, 0.29) is 16.5 Å². The molecule has 0 spiro atoms. The summed E-state index contributed by atoms with van der Waals surface area (Å²) in [5.74, 6) is 0.307. The Morgan fingerprint density at radius 1 is 1.53 bits per heavy atom. The summed E-state index contributed by atoms with van der Waals surface area (Å²) in [4.78, 5) is 14.1. The van der Waals surface area contributed by atoms with E-state index >= 15 is 0 Å². The van der Waals surface area contributed by atoms with Crippen LogP contribution < -0.4 is 10.5 Å². The molecule has 4 N–H and O–H groups in total. The Morgan fingerprint density at radius 2 is 2.26 bits per heavy atom. The number of nitrogens with one attached hydrogen (secondary N) is 2. The van der Waals surface area contributed by atoms with Gasteiger partial charge < -0.3 is 15.0 Å². The summed E-state index contributed by atoms with van der Waals surface area (Å²) >= 11 is 0. The van der Waals surface area contributed by atoms with E-state index < -0.39 is 10.0 Å². The van der Waals surface area contributed by atoms with Gasteiger partial charge in [-0.05, 0) is 24.8 Å². The van der Waals surface area contributed by atoms with Crippen LogP contribution in [-0.4, -0.2) is 39.1 Å². The second-order valence-corrected chi connectivity index (χ2v) is 6.13. The fourth-order valence-electron chi connectivity index (χ4n) is 1.54. The van der Waals surface area contributed by atoms with Gasteiger partial charge in [0.1, 0.15) is 5.69 Å². The molecule has 0 bridgehead atoms. The zero-order valence-corrected chi connectivity index (χ0v) is 11.2. The lowest BCUT2D eigenvalue weighted by molar-refractivity contribution is 0.0902. The Balaban J connectivity index is 1.74. The van der Waals surface area contributed by atoms with Crippen LogP contribution in [-0.2, 0) is 14.8 Å². The van der Waals surface area contributed by atoms with E-state index in [2.05, 4.69) is 10.3 Å². The molecular formula is C11H17N3O4S. The number of hydrogen-bond donors (Lipinski definition) is 3. The first-order chi connectivity index (χ1) is 8.97. The second kappa shape index (κ2) is 5.72. The van der Waals surface area contributed by atoms with Gasteiger partial charge in [-0.3, -0.25) is 4.79 Å². The van der Waals surface area contributed by atoms with Gasteiger partial charge in [0.15, 0.2) is 0 Å². The van der Waals surface area contributed by atoms with E-state index in [1.165, 1.54) is 25.1 Å². The molecule has 8 heteroatoms. The second-order valence-electron chi connectivity index (χ2n) is 4.57. The molecule has 1 aliphatic rings. The lowest BCUT2D eigenvalue weighted by atomic mass is 10.4. The lowest BCUT2D eigenvalue weighted by Gasteiger charge is -2.04. The van der Waals surface area contributed by atoms with Gasteiger partial charge in [0.05, 0.1) is 11.5 Å². The number of nitrogens with two attached hydrogens (primary N) is 1. The number of primary sulfonamides is 1. The van der Waals surface area contributed by atoms with Crippen LogP contribution in [0.15, 0.2) is 17.2 Å². The zero-order chi connectivity index (χ0) is 13.9. The van der Waals surface area contributed by atoms with Gasteiger partial charge in [0, 0.05) is 19.3 Å². The Labute approximate surface area is 111 Å². The average molecular weight is 287 g/mol. The van der Waals surface area contributed by atoms with Crippen molar-refractivity contribution < 1.29 is 17.9 Å². The molecule has 0 aromatic carbocycles. The van der Waals surface area contributed by atoms with Crippen molar-refractivity contribution in [1.82, 2.24) is 10.3 Å². The molecule has 1 fully saturated rings. The fourth-order valence-corrected chi connectivity index (χ4v) is 2.04. The SMILES string of the molecule is NS(=O)(=O)c1c[nH]c(C(=O)NCCOCC2CC2)c1. The summed E-state index contributed by atoms with van der Waals surface area (Å²) in [6.07, 6.45) is 3.64. The summed E-state index contributed by atoms with van der Waals surface area (Å²) in [7, 11) is -3.78. The van der Waals surface area contributed by atoms with Crippen molar-refractivity contribution >= 4 is 15.9 Å². The van der Waals surface area contributed by atoms with Gasteiger partial charge in [0.25, 0.3) is 5.91 Å². The third kappa shape index (κ3) is 4.34. The lowest BCUT2D eigenvalue weighted by Crippen LogP contribution is -2.27. The number of aromatic nitrogens is 1. The average Bonchev–Trinajstić information content (AvgIpc) is 3.00. The number of hydrogen-bond acceptors (Lipinski definition) is 4. The van der Waals surface area contributed by atoms with Gasteiger partial charge in [-0.15, -0.1) is 0 Å². The van der Waals surface area contributed by atoms with E-state index in [1.54, 1.807) is 0 Å². The van der Waals surface area contributed by atoms with Gasteiger partial charge in [-0.1, -0.05) is 0 Å². The van der Waals surface area contributed by atoms with Crippen LogP contribution in [0, 0.1) is 5.92 Å². The maximum absolute atomic E-state index is 11.7. The summed E-state index contributed by atoms with van der Waals surface area (Å²) in [6.45, 7) is 1.58. The molecule has 19 heavy (non-hydrogen) atoms. The Hall–Kier alpha value is -1.38. The molecule has 0 unspecified atom stereocenters. The van der Waals surface area contributed by atoms with Crippen molar-refractivity contribution in [3.05, 3.63) is 18.0 Å². The predicted octanol–water partition coefficient (Wildman–Crippen LogP) is -0.181. The van der Waals surface area contributed by atoms with Crippen LogP contribution in [0.4, 0.5) is 0 Å². The first-order valence-corrected chi connectivity index (χ1v) is 7.58. The number of aromatic amines is 1. The number of carbonyl (C=O) groups excluding carboxylic acids is 1. The highest BCUT2D eigenvalue weighted by molar-refractivity contribution is 7.89. The molecule has 106 valence electrons. The molecule has 1 amide bonds. The quantitative estimate of drug-likeness (QED) is 0.603. The van der Waals surface area contributed by atoms with Crippen LogP contribution >= 0.6 is 0 Å². The predicted molar refractivity (Wildman–Crippen MR) is 68.0 cm³/mol. The Kier molecular flexibility index (Phi) is 4.23. The van der Waals surface area contributed by atoms with Crippen molar-refractivity contribution in [2.45, 2.75) is 17.7 Å². The molecule has 0 saturated heterocycles. The molecule has 7 nitrogen and oxygen atoms in total. The van der Waals surface area contributed by atoms with Crippen molar-refractivity contribution in [2.75, 3.05) is 19.8 Å². The first-order valence-electron chi connectivity index (χ1n) is 6.04. The molecule has 2 rings (SSSR count). The molecule has 1 saturated carbocycles. The van der Waals surface area contributed by atoms with E-state index in [4.69, 9.17) is 9.88 Å². The minimum absolute atomic E-state index is 0.109. The third-order valence-electron chi connectivity index (χ3n) is 2.81. The first kappa shape index (κ1) is 14.0. The van der Waals surface area contributed by atoms with E-state index in [9.17, 15) is 13.2 Å². The van der Waals surface area contributed by atoms with Crippen LogP contribution in [0.3, 0.4) is 0 Å². The molecule has 0 atom stereocenters. The highest BCUT2D eigenvalue weighted by Gasteiger charge is 2.21. The number of rotatable bonds is 7. The van der Waals surface area contributed by atoms with Gasteiger partial charge in [0.2, 0.25) is 10.0 Å². The van der Waals surface area contributed by atoms with Crippen LogP contribution in [0.25, 0.3) is 0 Å². The monoisotopic (exact) mass is 287 g/mol. The van der Waals surface area contributed by atoms with Crippen LogP contribution in [0.5, 0.6) is 0 Å². The van der Waals surface area contributed by atoms with Gasteiger partial charge in [-0.25, -0.2) is 13.6 Å². The Bertz CT molecular complexity index is 548. The van der Waals surface area contributed by atoms with E-state index in [0.717, 1.165) is 6.61 Å². The minimum Gasteiger partial charge on any atom is -0.379 e. The Morgan fingerprint density at radius 3 is 2.84 bits per heavy atom. The summed E-state index contributed by atoms with van der Waals surface area (Å²) < 4.78 is 27.5. The number of carbonyl (C=O) groups is 1. The largest absolute Gasteiger partial charge is 0.379 e. The topological polar surface area (TPSA) is 114 Å². The smallest absolute Gasteiger partial charge is 0.267 e. The van der Waals surface area contributed by atoms with Crippen molar-refractivity contribution in [2.24, 2.45) is 11.1 Å². The highest BCUT2D eigenvalue weighted by atomic mass is 32.2. The summed E-state index contributed by atoms with van der Waals surface area (Å²) in [5, 5.41) is 7.57. The van der Waals surface area contributed by atoms with E-state index in [0.29, 0.717) is 19.1 Å². The normalized spacial score (nSPS) is 15.4. The standard InChI is InChI=1S/C11H17N3O4S/c12-19(16,17)9-5-10(14-6-9)11(15)13-3-4-18-7-8-1-2-8/h5-6,8,14H,1-4,7H2,(H,13,15)(H2,12,16,17). The van der Waals surface area contributed by atoms with Gasteiger partial charge in [-0.2, -0.15) is 0 Å². The molecular weight excluding hydrogens is 270 g/mol. The molecule has 1 heterocycles. The molecule has 1 aromatic rings. The number of amides is 1. The molecule has 1 aliphatic carbocycles. The number of sulfonamides is 1. The molecule has 0 aliphatic heterocycles.